The number of pyridine rings is 1. The minimum absolute atomic E-state index is 0.0703. The highest BCUT2D eigenvalue weighted by Gasteiger charge is 2.09. The number of nitrogens with one attached hydrogen (secondary N) is 1. The Morgan fingerprint density at radius 3 is 2.88 bits per heavy atom. The maximum absolute atomic E-state index is 11.7. The van der Waals surface area contributed by atoms with Crippen LogP contribution in [0, 0.1) is 6.92 Å². The summed E-state index contributed by atoms with van der Waals surface area (Å²) in [6.45, 7) is 3.97. The topological polar surface area (TPSA) is 62.2 Å². The number of rotatable bonds is 5. The van der Waals surface area contributed by atoms with Crippen molar-refractivity contribution in [2.24, 2.45) is 0 Å². The Labute approximate surface area is 95.7 Å². The predicted octanol–water partition coefficient (Wildman–Crippen LogP) is 1.28. The van der Waals surface area contributed by atoms with Gasteiger partial charge in [0.1, 0.15) is 0 Å². The van der Waals surface area contributed by atoms with Crippen molar-refractivity contribution < 1.29 is 9.90 Å². The third-order valence-electron chi connectivity index (χ3n) is 2.35. The Kier molecular flexibility index (Phi) is 4.92. The minimum atomic E-state index is -0.113. The number of aromatic nitrogens is 1. The van der Waals surface area contributed by atoms with Gasteiger partial charge in [-0.15, -0.1) is 0 Å². The lowest BCUT2D eigenvalue weighted by Gasteiger charge is -2.12. The summed E-state index contributed by atoms with van der Waals surface area (Å²) in [5, 5.41) is 11.5. The summed E-state index contributed by atoms with van der Waals surface area (Å²) in [5.41, 5.74) is 1.46. The number of aliphatic hydroxyl groups is 1. The van der Waals surface area contributed by atoms with E-state index in [0.29, 0.717) is 12.0 Å². The van der Waals surface area contributed by atoms with E-state index in [0.717, 1.165) is 12.1 Å². The first-order valence-corrected chi connectivity index (χ1v) is 5.48. The predicted molar refractivity (Wildman–Crippen MR) is 62.2 cm³/mol. The molecular weight excluding hydrogens is 204 g/mol. The molecule has 1 atom stereocenters. The van der Waals surface area contributed by atoms with Crippen LogP contribution < -0.4 is 5.32 Å². The molecule has 88 valence electrons. The molecule has 4 heteroatoms. The number of carbonyl (C=O) groups is 1. The van der Waals surface area contributed by atoms with Gasteiger partial charge in [0.05, 0.1) is 5.56 Å². The quantitative estimate of drug-likeness (QED) is 0.789. The smallest absolute Gasteiger partial charge is 0.253 e. The van der Waals surface area contributed by atoms with E-state index in [1.807, 2.05) is 19.9 Å². The monoisotopic (exact) mass is 222 g/mol. The first-order chi connectivity index (χ1) is 7.63. The summed E-state index contributed by atoms with van der Waals surface area (Å²) in [6, 6.07) is 3.64. The lowest BCUT2D eigenvalue weighted by molar-refractivity contribution is 0.0936. The van der Waals surface area contributed by atoms with Gasteiger partial charge in [-0.05, 0) is 38.8 Å². The molecule has 16 heavy (non-hydrogen) atoms. The molecule has 1 amide bonds. The molecule has 0 aliphatic heterocycles. The maximum Gasteiger partial charge on any atom is 0.253 e. The fourth-order valence-corrected chi connectivity index (χ4v) is 1.38. The zero-order chi connectivity index (χ0) is 12.0. The Hall–Kier alpha value is -1.42. The first kappa shape index (κ1) is 12.6. The van der Waals surface area contributed by atoms with E-state index >= 15 is 0 Å². The summed E-state index contributed by atoms with van der Waals surface area (Å²) < 4.78 is 0. The molecule has 0 aliphatic carbocycles. The second-order valence-corrected chi connectivity index (χ2v) is 3.93. The van der Waals surface area contributed by atoms with E-state index in [2.05, 4.69) is 10.3 Å². The molecule has 0 saturated carbocycles. The molecule has 0 spiro atoms. The maximum atomic E-state index is 11.7. The van der Waals surface area contributed by atoms with Gasteiger partial charge in [-0.3, -0.25) is 9.78 Å². The van der Waals surface area contributed by atoms with Crippen molar-refractivity contribution in [2.45, 2.75) is 32.7 Å². The number of aliphatic hydroxyl groups excluding tert-OH is 1. The lowest BCUT2D eigenvalue weighted by atomic mass is 10.1. The van der Waals surface area contributed by atoms with Crippen molar-refractivity contribution >= 4 is 5.91 Å². The van der Waals surface area contributed by atoms with Gasteiger partial charge in [-0.25, -0.2) is 0 Å². The van der Waals surface area contributed by atoms with Gasteiger partial charge in [0.25, 0.3) is 5.91 Å². The molecule has 1 aromatic rings. The molecule has 0 aromatic carbocycles. The van der Waals surface area contributed by atoms with Gasteiger partial charge in [-0.2, -0.15) is 0 Å². The average molecular weight is 222 g/mol. The molecule has 1 aromatic heterocycles. The molecule has 1 heterocycles. The van der Waals surface area contributed by atoms with Crippen LogP contribution in [0.3, 0.4) is 0 Å². The van der Waals surface area contributed by atoms with Crippen LogP contribution in [-0.4, -0.2) is 28.6 Å². The van der Waals surface area contributed by atoms with Crippen LogP contribution >= 0.6 is 0 Å². The van der Waals surface area contributed by atoms with Crippen LogP contribution in [0.15, 0.2) is 18.3 Å². The van der Waals surface area contributed by atoms with Crippen LogP contribution in [-0.2, 0) is 0 Å². The molecule has 2 N–H and O–H groups in total. The van der Waals surface area contributed by atoms with Crippen LogP contribution in [0.5, 0.6) is 0 Å². The van der Waals surface area contributed by atoms with Crippen LogP contribution in [0.4, 0.5) is 0 Å². The summed E-state index contributed by atoms with van der Waals surface area (Å²) >= 11 is 0. The van der Waals surface area contributed by atoms with Gasteiger partial charge in [0.2, 0.25) is 0 Å². The SMILES string of the molecule is Cc1ccc(C(=O)NC(C)CCCO)cn1. The summed E-state index contributed by atoms with van der Waals surface area (Å²) in [5.74, 6) is -0.113. The fraction of sp³-hybridized carbons (Fsp3) is 0.500. The molecule has 1 unspecified atom stereocenters. The normalized spacial score (nSPS) is 12.2. The van der Waals surface area contributed by atoms with E-state index in [9.17, 15) is 4.79 Å². The molecule has 0 radical (unpaired) electrons. The van der Waals surface area contributed by atoms with E-state index in [4.69, 9.17) is 5.11 Å². The number of aryl methyl sites for hydroxylation is 1. The van der Waals surface area contributed by atoms with Crippen molar-refractivity contribution in [3.05, 3.63) is 29.6 Å². The van der Waals surface area contributed by atoms with Gasteiger partial charge in [-0.1, -0.05) is 0 Å². The standard InChI is InChI=1S/C12H18N2O2/c1-9-5-6-11(8-13-9)12(16)14-10(2)4-3-7-15/h5-6,8,10,15H,3-4,7H2,1-2H3,(H,14,16). The van der Waals surface area contributed by atoms with Gasteiger partial charge in [0, 0.05) is 24.5 Å². The Bertz CT molecular complexity index is 335. The number of nitrogens with zero attached hydrogens (tertiary/aromatic N) is 1. The summed E-state index contributed by atoms with van der Waals surface area (Å²) in [4.78, 5) is 15.8. The highest BCUT2D eigenvalue weighted by Crippen LogP contribution is 2.01. The summed E-state index contributed by atoms with van der Waals surface area (Å²) in [7, 11) is 0. The number of hydrogen-bond acceptors (Lipinski definition) is 3. The van der Waals surface area contributed by atoms with Gasteiger partial charge in [0.15, 0.2) is 0 Å². The fourth-order valence-electron chi connectivity index (χ4n) is 1.38. The molecule has 0 aliphatic rings. The van der Waals surface area contributed by atoms with Crippen molar-refractivity contribution in [1.29, 1.82) is 0 Å². The highest BCUT2D eigenvalue weighted by molar-refractivity contribution is 5.94. The Balaban J connectivity index is 2.48. The molecule has 0 saturated heterocycles. The third kappa shape index (κ3) is 3.98. The minimum Gasteiger partial charge on any atom is -0.396 e. The first-order valence-electron chi connectivity index (χ1n) is 5.48. The molecule has 0 bridgehead atoms. The lowest BCUT2D eigenvalue weighted by Crippen LogP contribution is -2.32. The summed E-state index contributed by atoms with van der Waals surface area (Å²) in [6.07, 6.45) is 3.05. The molecule has 1 rings (SSSR count). The third-order valence-corrected chi connectivity index (χ3v) is 2.35. The van der Waals surface area contributed by atoms with Crippen LogP contribution in [0.1, 0.15) is 35.8 Å². The number of amides is 1. The molecular formula is C12H18N2O2. The van der Waals surface area contributed by atoms with Crippen molar-refractivity contribution in [3.63, 3.8) is 0 Å². The zero-order valence-corrected chi connectivity index (χ0v) is 9.73. The second-order valence-electron chi connectivity index (χ2n) is 3.93. The van der Waals surface area contributed by atoms with Gasteiger partial charge < -0.3 is 10.4 Å². The number of carbonyl (C=O) groups excluding carboxylic acids is 1. The van der Waals surface area contributed by atoms with E-state index in [-0.39, 0.29) is 18.6 Å². The highest BCUT2D eigenvalue weighted by atomic mass is 16.2. The van der Waals surface area contributed by atoms with Crippen LogP contribution in [0.25, 0.3) is 0 Å². The Morgan fingerprint density at radius 1 is 1.56 bits per heavy atom. The molecule has 0 fully saturated rings. The Morgan fingerprint density at radius 2 is 2.31 bits per heavy atom. The van der Waals surface area contributed by atoms with Gasteiger partial charge >= 0.3 is 0 Å². The molecule has 4 nitrogen and oxygen atoms in total. The largest absolute Gasteiger partial charge is 0.396 e. The van der Waals surface area contributed by atoms with Crippen molar-refractivity contribution in [2.75, 3.05) is 6.61 Å². The van der Waals surface area contributed by atoms with Crippen molar-refractivity contribution in [3.8, 4) is 0 Å². The zero-order valence-electron chi connectivity index (χ0n) is 9.73. The van der Waals surface area contributed by atoms with E-state index in [1.54, 1.807) is 12.3 Å². The average Bonchev–Trinajstić information content (AvgIpc) is 2.27. The second kappa shape index (κ2) is 6.23. The number of hydrogen-bond donors (Lipinski definition) is 2. The van der Waals surface area contributed by atoms with Crippen LogP contribution in [0.2, 0.25) is 0 Å². The van der Waals surface area contributed by atoms with E-state index < -0.39 is 0 Å². The van der Waals surface area contributed by atoms with E-state index in [1.165, 1.54) is 0 Å². The van der Waals surface area contributed by atoms with Crippen molar-refractivity contribution in [1.82, 2.24) is 10.3 Å².